The van der Waals surface area contributed by atoms with E-state index < -0.39 is 0 Å². The van der Waals surface area contributed by atoms with Crippen molar-refractivity contribution in [1.29, 1.82) is 0 Å². The number of hydrogen-bond donors (Lipinski definition) is 1. The Morgan fingerprint density at radius 3 is 2.36 bits per heavy atom. The Kier molecular flexibility index (Phi) is 5.05. The lowest BCUT2D eigenvalue weighted by Gasteiger charge is -2.05. The Hall–Kier alpha value is -0.470. The van der Waals surface area contributed by atoms with Crippen molar-refractivity contribution in [3.63, 3.8) is 0 Å². The molecule has 0 aliphatic carbocycles. The van der Waals surface area contributed by atoms with Gasteiger partial charge in [-0.25, -0.2) is 0 Å². The molecule has 1 aromatic carbocycles. The third-order valence-corrected chi connectivity index (χ3v) is 2.93. The molecule has 0 aliphatic heterocycles. The van der Waals surface area contributed by atoms with E-state index in [4.69, 9.17) is 5.11 Å². The van der Waals surface area contributed by atoms with Crippen LogP contribution in [0.4, 0.5) is 0 Å². The molecule has 0 fully saturated rings. The molecule has 1 nitrogen and oxygen atoms in total. The van der Waals surface area contributed by atoms with Gasteiger partial charge in [-0.15, -0.1) is 11.8 Å². The zero-order chi connectivity index (χ0) is 10.4. The molecule has 1 aromatic rings. The summed E-state index contributed by atoms with van der Waals surface area (Å²) in [5, 5.41) is 9.33. The molecule has 0 aliphatic rings. The molecule has 0 amide bonds. The maximum Gasteiger partial charge on any atom is 0.0434 e. The second-order valence-electron chi connectivity index (χ2n) is 3.64. The van der Waals surface area contributed by atoms with Crippen molar-refractivity contribution in [3.8, 4) is 0 Å². The number of benzene rings is 1. The van der Waals surface area contributed by atoms with Crippen LogP contribution in [0.2, 0.25) is 0 Å². The van der Waals surface area contributed by atoms with Gasteiger partial charge in [0, 0.05) is 16.8 Å². The van der Waals surface area contributed by atoms with Gasteiger partial charge in [-0.1, -0.05) is 26.0 Å². The normalized spacial score (nSPS) is 10.9. The maximum atomic E-state index is 8.70. The van der Waals surface area contributed by atoms with Crippen LogP contribution in [0.15, 0.2) is 29.2 Å². The number of aliphatic hydroxyl groups is 1. The Morgan fingerprint density at radius 2 is 1.86 bits per heavy atom. The van der Waals surface area contributed by atoms with E-state index in [2.05, 4.69) is 38.1 Å². The number of aryl methyl sites for hydroxylation is 1. The molecule has 1 N–H and O–H groups in total. The topological polar surface area (TPSA) is 20.2 Å². The first-order valence-corrected chi connectivity index (χ1v) is 5.97. The smallest absolute Gasteiger partial charge is 0.0434 e. The van der Waals surface area contributed by atoms with Crippen LogP contribution in [-0.2, 0) is 6.42 Å². The molecule has 1 rings (SSSR count). The van der Waals surface area contributed by atoms with Crippen molar-refractivity contribution < 1.29 is 5.11 Å². The molecular formula is C12H18OS. The first kappa shape index (κ1) is 11.6. The number of thioether (sulfide) groups is 1. The second kappa shape index (κ2) is 6.10. The lowest BCUT2D eigenvalue weighted by molar-refractivity contribution is 0.288. The monoisotopic (exact) mass is 210 g/mol. The first-order chi connectivity index (χ1) is 6.72. The fourth-order valence-electron chi connectivity index (χ4n) is 1.29. The molecule has 0 spiro atoms. The van der Waals surface area contributed by atoms with Crippen molar-refractivity contribution in [2.45, 2.75) is 36.8 Å². The summed E-state index contributed by atoms with van der Waals surface area (Å²) in [5.74, 6) is 0. The highest BCUT2D eigenvalue weighted by molar-refractivity contribution is 7.99. The summed E-state index contributed by atoms with van der Waals surface area (Å²) in [6.07, 6.45) is 1.83. The van der Waals surface area contributed by atoms with Gasteiger partial charge in [0.1, 0.15) is 0 Å². The molecular weight excluding hydrogens is 192 g/mol. The molecule has 14 heavy (non-hydrogen) atoms. The van der Waals surface area contributed by atoms with Crippen LogP contribution in [-0.4, -0.2) is 17.0 Å². The summed E-state index contributed by atoms with van der Waals surface area (Å²) in [6, 6.07) is 8.63. The van der Waals surface area contributed by atoms with Crippen molar-refractivity contribution in [1.82, 2.24) is 0 Å². The average Bonchev–Trinajstić information content (AvgIpc) is 2.16. The lowest BCUT2D eigenvalue weighted by atomic mass is 10.1. The van der Waals surface area contributed by atoms with Crippen molar-refractivity contribution in [2.24, 2.45) is 0 Å². The summed E-state index contributed by atoms with van der Waals surface area (Å²) in [5.41, 5.74) is 1.31. The van der Waals surface area contributed by atoms with Gasteiger partial charge >= 0.3 is 0 Å². The van der Waals surface area contributed by atoms with Crippen LogP contribution in [0.1, 0.15) is 25.8 Å². The fraction of sp³-hybridized carbons (Fsp3) is 0.500. The van der Waals surface area contributed by atoms with Crippen molar-refractivity contribution in [2.75, 3.05) is 6.61 Å². The summed E-state index contributed by atoms with van der Waals surface area (Å²) in [6.45, 7) is 4.68. The van der Waals surface area contributed by atoms with E-state index in [0.29, 0.717) is 5.25 Å². The van der Waals surface area contributed by atoms with E-state index in [0.717, 1.165) is 12.8 Å². The SMILES string of the molecule is CC(C)Sc1ccc(CCCO)cc1. The highest BCUT2D eigenvalue weighted by Gasteiger charge is 1.98. The van der Waals surface area contributed by atoms with Gasteiger partial charge < -0.3 is 5.11 Å². The predicted molar refractivity (Wildman–Crippen MR) is 62.8 cm³/mol. The summed E-state index contributed by atoms with van der Waals surface area (Å²) < 4.78 is 0. The second-order valence-corrected chi connectivity index (χ2v) is 5.29. The van der Waals surface area contributed by atoms with E-state index in [1.807, 2.05) is 11.8 Å². The van der Waals surface area contributed by atoms with Crippen LogP contribution in [0.3, 0.4) is 0 Å². The molecule has 0 unspecified atom stereocenters. The third kappa shape index (κ3) is 4.16. The fourth-order valence-corrected chi connectivity index (χ4v) is 2.13. The lowest BCUT2D eigenvalue weighted by Crippen LogP contribution is -1.90. The highest BCUT2D eigenvalue weighted by Crippen LogP contribution is 2.23. The zero-order valence-corrected chi connectivity index (χ0v) is 9.68. The van der Waals surface area contributed by atoms with Gasteiger partial charge in [-0.05, 0) is 30.5 Å². The van der Waals surface area contributed by atoms with E-state index >= 15 is 0 Å². The Balaban J connectivity index is 2.50. The largest absolute Gasteiger partial charge is 0.396 e. The highest BCUT2D eigenvalue weighted by atomic mass is 32.2. The van der Waals surface area contributed by atoms with Crippen LogP contribution in [0, 0.1) is 0 Å². The molecule has 0 aromatic heterocycles. The predicted octanol–water partition coefficient (Wildman–Crippen LogP) is 3.11. The summed E-state index contributed by atoms with van der Waals surface area (Å²) >= 11 is 1.88. The number of aliphatic hydroxyl groups excluding tert-OH is 1. The molecule has 0 radical (unpaired) electrons. The molecule has 2 heteroatoms. The van der Waals surface area contributed by atoms with Gasteiger partial charge in [0.05, 0.1) is 0 Å². The molecule has 0 heterocycles. The van der Waals surface area contributed by atoms with Crippen LogP contribution in [0.25, 0.3) is 0 Å². The molecule has 0 saturated heterocycles. The van der Waals surface area contributed by atoms with Crippen LogP contribution >= 0.6 is 11.8 Å². The minimum atomic E-state index is 0.280. The van der Waals surface area contributed by atoms with Crippen molar-refractivity contribution >= 4 is 11.8 Å². The Bertz CT molecular complexity index is 254. The molecule has 78 valence electrons. The van der Waals surface area contributed by atoms with E-state index in [1.165, 1.54) is 10.5 Å². The van der Waals surface area contributed by atoms with E-state index in [1.54, 1.807) is 0 Å². The summed E-state index contributed by atoms with van der Waals surface area (Å²) in [4.78, 5) is 1.33. The average molecular weight is 210 g/mol. The Morgan fingerprint density at radius 1 is 1.21 bits per heavy atom. The maximum absolute atomic E-state index is 8.70. The zero-order valence-electron chi connectivity index (χ0n) is 8.86. The minimum Gasteiger partial charge on any atom is -0.396 e. The number of hydrogen-bond acceptors (Lipinski definition) is 2. The van der Waals surface area contributed by atoms with Crippen LogP contribution in [0.5, 0.6) is 0 Å². The number of rotatable bonds is 5. The van der Waals surface area contributed by atoms with E-state index in [9.17, 15) is 0 Å². The quantitative estimate of drug-likeness (QED) is 0.754. The minimum absolute atomic E-state index is 0.280. The summed E-state index contributed by atoms with van der Waals surface area (Å²) in [7, 11) is 0. The van der Waals surface area contributed by atoms with Crippen molar-refractivity contribution in [3.05, 3.63) is 29.8 Å². The van der Waals surface area contributed by atoms with E-state index in [-0.39, 0.29) is 6.61 Å². The molecule has 0 saturated carbocycles. The standard InChI is InChI=1S/C12H18OS/c1-10(2)14-12-7-5-11(6-8-12)4-3-9-13/h5-8,10,13H,3-4,9H2,1-2H3. The van der Waals surface area contributed by atoms with Gasteiger partial charge in [0.2, 0.25) is 0 Å². The van der Waals surface area contributed by atoms with Gasteiger partial charge in [0.15, 0.2) is 0 Å². The molecule has 0 bridgehead atoms. The Labute approximate surface area is 90.5 Å². The van der Waals surface area contributed by atoms with Gasteiger partial charge in [-0.2, -0.15) is 0 Å². The third-order valence-electron chi connectivity index (χ3n) is 1.92. The molecule has 0 atom stereocenters. The van der Waals surface area contributed by atoms with Gasteiger partial charge in [-0.3, -0.25) is 0 Å². The first-order valence-electron chi connectivity index (χ1n) is 5.09. The van der Waals surface area contributed by atoms with Gasteiger partial charge in [0.25, 0.3) is 0 Å². The van der Waals surface area contributed by atoms with Crippen LogP contribution < -0.4 is 0 Å².